The summed E-state index contributed by atoms with van der Waals surface area (Å²) in [6.45, 7) is 2.91. The second-order valence-electron chi connectivity index (χ2n) is 8.99. The van der Waals surface area contributed by atoms with Gasteiger partial charge in [0.2, 0.25) is 5.91 Å². The third kappa shape index (κ3) is 5.87. The van der Waals surface area contributed by atoms with Crippen molar-refractivity contribution in [3.05, 3.63) is 63.6 Å². The Morgan fingerprint density at radius 3 is 2.26 bits per heavy atom. The van der Waals surface area contributed by atoms with Gasteiger partial charge < -0.3 is 10.1 Å². The number of amides is 1. The van der Waals surface area contributed by atoms with Crippen molar-refractivity contribution in [2.24, 2.45) is 11.8 Å². The number of benzene rings is 2. The standard InChI is InChI=1S/C25H26Cl2F3NO3/c1-14(25(28,29)30)22(15-4-9-18(26)10-5-15)23(33)31-20-12-17(8-11-19(20)27)24(2,16-6-7-16)13-21(32)34-3/h4-5,8-12,14,16,22H,6-7,13H2,1-3H3,(H,31,33)/t14-,22+,24?/m1/s1. The van der Waals surface area contributed by atoms with Gasteiger partial charge in [-0.3, -0.25) is 9.59 Å². The summed E-state index contributed by atoms with van der Waals surface area (Å²) < 4.78 is 45.8. The molecule has 34 heavy (non-hydrogen) atoms. The molecular formula is C25H26Cl2F3NO3. The van der Waals surface area contributed by atoms with E-state index in [0.29, 0.717) is 5.02 Å². The summed E-state index contributed by atoms with van der Waals surface area (Å²) >= 11 is 12.2. The van der Waals surface area contributed by atoms with Crippen molar-refractivity contribution in [1.29, 1.82) is 0 Å². The molecule has 1 unspecified atom stereocenters. The molecule has 1 aliphatic rings. The number of ether oxygens (including phenoxy) is 1. The van der Waals surface area contributed by atoms with Crippen LogP contribution in [0.15, 0.2) is 42.5 Å². The Balaban J connectivity index is 1.95. The SMILES string of the molecule is COC(=O)CC(C)(c1ccc(Cl)c(NC(=O)[C@H](c2ccc(Cl)cc2)[C@@H](C)C(F)(F)F)c1)C1CC1. The van der Waals surface area contributed by atoms with Gasteiger partial charge in [0.15, 0.2) is 0 Å². The van der Waals surface area contributed by atoms with Crippen LogP contribution >= 0.6 is 23.2 Å². The molecule has 0 spiro atoms. The first-order chi connectivity index (χ1) is 15.9. The summed E-state index contributed by atoms with van der Waals surface area (Å²) in [5.41, 5.74) is 0.584. The molecule has 4 nitrogen and oxygen atoms in total. The Kier molecular flexibility index (Phi) is 7.88. The van der Waals surface area contributed by atoms with Gasteiger partial charge >= 0.3 is 12.1 Å². The van der Waals surface area contributed by atoms with E-state index in [-0.39, 0.29) is 34.6 Å². The Bertz CT molecular complexity index is 1050. The maximum absolute atomic E-state index is 13.6. The van der Waals surface area contributed by atoms with E-state index >= 15 is 0 Å². The van der Waals surface area contributed by atoms with E-state index < -0.39 is 29.3 Å². The Morgan fingerprint density at radius 2 is 1.74 bits per heavy atom. The van der Waals surface area contributed by atoms with Gasteiger partial charge in [-0.1, -0.05) is 55.2 Å². The predicted octanol–water partition coefficient (Wildman–Crippen LogP) is 7.14. The van der Waals surface area contributed by atoms with Gasteiger partial charge in [0, 0.05) is 10.4 Å². The van der Waals surface area contributed by atoms with E-state index in [2.05, 4.69) is 5.32 Å². The molecule has 3 atom stereocenters. The number of nitrogens with one attached hydrogen (secondary N) is 1. The summed E-state index contributed by atoms with van der Waals surface area (Å²) in [5.74, 6) is -4.42. The van der Waals surface area contributed by atoms with Gasteiger partial charge in [0.05, 0.1) is 36.1 Å². The van der Waals surface area contributed by atoms with Crippen molar-refractivity contribution in [3.63, 3.8) is 0 Å². The minimum Gasteiger partial charge on any atom is -0.469 e. The van der Waals surface area contributed by atoms with Crippen molar-refractivity contribution < 1.29 is 27.5 Å². The summed E-state index contributed by atoms with van der Waals surface area (Å²) in [7, 11) is 1.32. The van der Waals surface area contributed by atoms with E-state index in [4.69, 9.17) is 27.9 Å². The van der Waals surface area contributed by atoms with Gasteiger partial charge in [-0.05, 0) is 54.2 Å². The number of halogens is 5. The highest BCUT2D eigenvalue weighted by Gasteiger charge is 2.46. The summed E-state index contributed by atoms with van der Waals surface area (Å²) in [5, 5.41) is 3.13. The molecule has 0 aromatic heterocycles. The number of hydrogen-bond acceptors (Lipinski definition) is 3. The van der Waals surface area contributed by atoms with Crippen molar-refractivity contribution >= 4 is 40.8 Å². The lowest BCUT2D eigenvalue weighted by molar-refractivity contribution is -0.178. The monoisotopic (exact) mass is 515 g/mol. The van der Waals surface area contributed by atoms with E-state index in [9.17, 15) is 22.8 Å². The summed E-state index contributed by atoms with van der Waals surface area (Å²) in [6.07, 6.45) is -2.57. The highest BCUT2D eigenvalue weighted by Crippen LogP contribution is 2.50. The first kappa shape index (κ1) is 26.4. The first-order valence-electron chi connectivity index (χ1n) is 10.9. The lowest BCUT2D eigenvalue weighted by Crippen LogP contribution is -2.34. The maximum atomic E-state index is 13.6. The molecule has 1 amide bonds. The molecule has 0 radical (unpaired) electrons. The second kappa shape index (κ2) is 10.2. The van der Waals surface area contributed by atoms with Gasteiger partial charge in [-0.15, -0.1) is 0 Å². The fraction of sp³-hybridized carbons (Fsp3) is 0.440. The normalized spacial score (nSPS) is 17.4. The molecule has 2 aromatic rings. The quantitative estimate of drug-likeness (QED) is 0.380. The van der Waals surface area contributed by atoms with Crippen LogP contribution in [0, 0.1) is 11.8 Å². The van der Waals surface area contributed by atoms with E-state index in [0.717, 1.165) is 25.3 Å². The number of alkyl halides is 3. The maximum Gasteiger partial charge on any atom is 0.392 e. The highest BCUT2D eigenvalue weighted by molar-refractivity contribution is 6.33. The zero-order chi connectivity index (χ0) is 25.3. The van der Waals surface area contributed by atoms with Crippen LogP contribution in [0.3, 0.4) is 0 Å². The fourth-order valence-corrected chi connectivity index (χ4v) is 4.58. The molecule has 0 heterocycles. The minimum atomic E-state index is -4.60. The van der Waals surface area contributed by atoms with Crippen LogP contribution in [-0.4, -0.2) is 25.2 Å². The molecule has 0 saturated heterocycles. The van der Waals surface area contributed by atoms with Gasteiger partial charge in [0.1, 0.15) is 0 Å². The zero-order valence-electron chi connectivity index (χ0n) is 19.0. The average Bonchev–Trinajstić information content (AvgIpc) is 3.62. The Labute approximate surface area is 206 Å². The molecule has 3 rings (SSSR count). The van der Waals surface area contributed by atoms with E-state index in [1.54, 1.807) is 18.2 Å². The topological polar surface area (TPSA) is 55.4 Å². The Morgan fingerprint density at radius 1 is 1.12 bits per heavy atom. The largest absolute Gasteiger partial charge is 0.469 e. The smallest absolute Gasteiger partial charge is 0.392 e. The summed E-state index contributed by atoms with van der Waals surface area (Å²) in [4.78, 5) is 25.3. The predicted molar refractivity (Wildman–Crippen MR) is 126 cm³/mol. The number of carbonyl (C=O) groups excluding carboxylic acids is 2. The van der Waals surface area contributed by atoms with Crippen LogP contribution in [0.2, 0.25) is 10.0 Å². The van der Waals surface area contributed by atoms with Crippen LogP contribution in [0.4, 0.5) is 18.9 Å². The zero-order valence-corrected chi connectivity index (χ0v) is 20.5. The van der Waals surface area contributed by atoms with Crippen LogP contribution < -0.4 is 5.32 Å². The van der Waals surface area contributed by atoms with Crippen LogP contribution in [0.5, 0.6) is 0 Å². The van der Waals surface area contributed by atoms with Gasteiger partial charge in [0.25, 0.3) is 0 Å². The third-order valence-corrected chi connectivity index (χ3v) is 7.21. The van der Waals surface area contributed by atoms with Crippen LogP contribution in [-0.2, 0) is 19.7 Å². The number of carbonyl (C=O) groups is 2. The summed E-state index contributed by atoms with van der Waals surface area (Å²) in [6, 6.07) is 10.7. The second-order valence-corrected chi connectivity index (χ2v) is 9.83. The number of methoxy groups -OCH3 is 1. The van der Waals surface area contributed by atoms with Crippen LogP contribution in [0.1, 0.15) is 50.2 Å². The molecule has 1 aliphatic carbocycles. The molecule has 2 aromatic carbocycles. The van der Waals surface area contributed by atoms with Crippen molar-refractivity contribution in [2.75, 3.05) is 12.4 Å². The highest BCUT2D eigenvalue weighted by atomic mass is 35.5. The van der Waals surface area contributed by atoms with Gasteiger partial charge in [-0.2, -0.15) is 13.2 Å². The van der Waals surface area contributed by atoms with E-state index in [1.165, 1.54) is 31.4 Å². The van der Waals surface area contributed by atoms with Crippen LogP contribution in [0.25, 0.3) is 0 Å². The van der Waals surface area contributed by atoms with Crippen molar-refractivity contribution in [2.45, 2.75) is 50.6 Å². The molecule has 0 bridgehead atoms. The average molecular weight is 516 g/mol. The Hall–Kier alpha value is -2.25. The number of rotatable bonds is 8. The lowest BCUT2D eigenvalue weighted by Gasteiger charge is -2.30. The van der Waals surface area contributed by atoms with E-state index in [1.807, 2.05) is 6.92 Å². The molecule has 1 N–H and O–H groups in total. The van der Waals surface area contributed by atoms with Gasteiger partial charge in [-0.25, -0.2) is 0 Å². The number of anilines is 1. The molecule has 0 aliphatic heterocycles. The molecule has 1 fully saturated rings. The third-order valence-electron chi connectivity index (χ3n) is 6.63. The fourth-order valence-electron chi connectivity index (χ4n) is 4.29. The number of esters is 1. The minimum absolute atomic E-state index is 0.141. The number of hydrogen-bond donors (Lipinski definition) is 1. The molecule has 1 saturated carbocycles. The molecular weight excluding hydrogens is 490 g/mol. The van der Waals surface area contributed by atoms with Crippen molar-refractivity contribution in [1.82, 2.24) is 0 Å². The molecule has 9 heteroatoms. The van der Waals surface area contributed by atoms with Crippen molar-refractivity contribution in [3.8, 4) is 0 Å². The first-order valence-corrected chi connectivity index (χ1v) is 11.6. The lowest BCUT2D eigenvalue weighted by atomic mass is 9.75. The molecule has 184 valence electrons.